The highest BCUT2D eigenvalue weighted by Gasteiger charge is 1.99. The first kappa shape index (κ1) is 17.2. The fraction of sp³-hybridized carbons (Fsp3) is 0.625. The van der Waals surface area contributed by atoms with Gasteiger partial charge in [-0.3, -0.25) is 0 Å². The van der Waals surface area contributed by atoms with Gasteiger partial charge >= 0.3 is 0 Å². The van der Waals surface area contributed by atoms with Crippen LogP contribution in [0.1, 0.15) is 11.1 Å². The van der Waals surface area contributed by atoms with E-state index in [1.165, 1.54) is 11.1 Å². The third kappa shape index (κ3) is 8.12. The van der Waals surface area contributed by atoms with Crippen LogP contribution in [0.15, 0.2) is 24.3 Å². The van der Waals surface area contributed by atoms with Crippen LogP contribution in [0.5, 0.6) is 0 Å². The summed E-state index contributed by atoms with van der Waals surface area (Å²) in [6.07, 6.45) is 0. The van der Waals surface area contributed by atoms with Crippen molar-refractivity contribution in [1.29, 1.82) is 0 Å². The molecule has 0 radical (unpaired) electrons. The molecule has 1 aromatic rings. The van der Waals surface area contributed by atoms with Crippen molar-refractivity contribution in [3.8, 4) is 0 Å². The van der Waals surface area contributed by atoms with Gasteiger partial charge in [-0.1, -0.05) is 24.3 Å². The van der Waals surface area contributed by atoms with Gasteiger partial charge in [0.25, 0.3) is 0 Å². The minimum Gasteiger partial charge on any atom is -0.378 e. The van der Waals surface area contributed by atoms with Crippen LogP contribution in [0.2, 0.25) is 0 Å². The summed E-state index contributed by atoms with van der Waals surface area (Å²) < 4.78 is 16.5. The highest BCUT2D eigenvalue weighted by Crippen LogP contribution is 2.17. The fourth-order valence-electron chi connectivity index (χ4n) is 1.97. The first-order valence-electron chi connectivity index (χ1n) is 7.42. The molecule has 0 saturated carbocycles. The lowest BCUT2D eigenvalue weighted by atomic mass is 10.2. The average Bonchev–Trinajstić information content (AvgIpc) is 2.51. The smallest absolute Gasteiger partial charge is 0.0701 e. The van der Waals surface area contributed by atoms with Gasteiger partial charge in [-0.05, 0) is 11.1 Å². The Bertz CT molecular complexity index is 356. The Morgan fingerprint density at radius 2 is 1.14 bits per heavy atom. The van der Waals surface area contributed by atoms with E-state index in [1.807, 2.05) is 23.5 Å². The summed E-state index contributed by atoms with van der Waals surface area (Å²) >= 11 is 3.85. The molecule has 1 aliphatic heterocycles. The molecule has 0 fully saturated rings. The van der Waals surface area contributed by atoms with Crippen LogP contribution in [0.4, 0.5) is 0 Å². The molecule has 2 bridgehead atoms. The van der Waals surface area contributed by atoms with Gasteiger partial charge in [0, 0.05) is 23.0 Å². The quantitative estimate of drug-likeness (QED) is 0.729. The van der Waals surface area contributed by atoms with E-state index in [9.17, 15) is 0 Å². The van der Waals surface area contributed by atoms with Crippen molar-refractivity contribution in [3.63, 3.8) is 0 Å². The van der Waals surface area contributed by atoms with E-state index in [0.29, 0.717) is 26.4 Å². The lowest BCUT2D eigenvalue weighted by Gasteiger charge is -2.09. The van der Waals surface area contributed by atoms with Crippen LogP contribution in [0, 0.1) is 0 Å². The van der Waals surface area contributed by atoms with Crippen LogP contribution < -0.4 is 0 Å². The molecule has 0 amide bonds. The van der Waals surface area contributed by atoms with Crippen LogP contribution in [-0.2, 0) is 25.7 Å². The number of benzene rings is 1. The van der Waals surface area contributed by atoms with Crippen molar-refractivity contribution in [2.75, 3.05) is 51.1 Å². The van der Waals surface area contributed by atoms with Crippen LogP contribution in [0.3, 0.4) is 0 Å². The zero-order chi connectivity index (χ0) is 14.6. The van der Waals surface area contributed by atoms with Gasteiger partial charge in [-0.2, -0.15) is 23.5 Å². The highest BCUT2D eigenvalue weighted by atomic mass is 32.2. The maximum Gasteiger partial charge on any atom is 0.0701 e. The number of thioether (sulfide) groups is 2. The zero-order valence-corrected chi connectivity index (χ0v) is 14.1. The van der Waals surface area contributed by atoms with E-state index < -0.39 is 0 Å². The third-order valence-corrected chi connectivity index (χ3v) is 5.00. The second kappa shape index (κ2) is 11.4. The molecule has 2 rings (SSSR count). The summed E-state index contributed by atoms with van der Waals surface area (Å²) in [5.41, 5.74) is 2.80. The lowest BCUT2D eigenvalue weighted by molar-refractivity contribution is 0.0205. The summed E-state index contributed by atoms with van der Waals surface area (Å²) in [4.78, 5) is 0. The zero-order valence-electron chi connectivity index (χ0n) is 12.4. The van der Waals surface area contributed by atoms with E-state index in [2.05, 4.69) is 24.3 Å². The molecule has 0 aromatic heterocycles. The van der Waals surface area contributed by atoms with E-state index >= 15 is 0 Å². The third-order valence-electron chi connectivity index (χ3n) is 3.02. The number of fused-ring (bicyclic) bond motifs is 2. The van der Waals surface area contributed by atoms with E-state index in [-0.39, 0.29) is 0 Å². The van der Waals surface area contributed by atoms with E-state index in [0.717, 1.165) is 36.2 Å². The maximum absolute atomic E-state index is 5.54. The molecule has 5 heteroatoms. The molecular formula is C16H24O3S2. The lowest BCUT2D eigenvalue weighted by Crippen LogP contribution is -2.11. The molecule has 118 valence electrons. The van der Waals surface area contributed by atoms with Crippen LogP contribution in [0.25, 0.3) is 0 Å². The monoisotopic (exact) mass is 328 g/mol. The van der Waals surface area contributed by atoms with Crippen molar-refractivity contribution in [3.05, 3.63) is 35.4 Å². The molecule has 0 spiro atoms. The van der Waals surface area contributed by atoms with Gasteiger partial charge in [0.2, 0.25) is 0 Å². The van der Waals surface area contributed by atoms with Gasteiger partial charge in [-0.15, -0.1) is 0 Å². The van der Waals surface area contributed by atoms with E-state index in [4.69, 9.17) is 14.2 Å². The minimum atomic E-state index is 0.658. The normalized spacial score (nSPS) is 20.4. The number of rotatable bonds is 0. The summed E-state index contributed by atoms with van der Waals surface area (Å²) in [6.45, 7) is 4.24. The maximum atomic E-state index is 5.54. The van der Waals surface area contributed by atoms with Crippen molar-refractivity contribution >= 4 is 23.5 Å². The Balaban J connectivity index is 1.78. The van der Waals surface area contributed by atoms with Gasteiger partial charge < -0.3 is 14.2 Å². The van der Waals surface area contributed by atoms with Gasteiger partial charge in [-0.25, -0.2) is 0 Å². The van der Waals surface area contributed by atoms with Gasteiger partial charge in [0.15, 0.2) is 0 Å². The Morgan fingerprint density at radius 3 is 1.67 bits per heavy atom. The number of hydrogen-bond donors (Lipinski definition) is 0. The Hall–Kier alpha value is -0.200. The SMILES string of the molecule is c1cc2cc(c1)CSCCOCCOCCOCCSC2. The Morgan fingerprint density at radius 1 is 0.667 bits per heavy atom. The van der Waals surface area contributed by atoms with Crippen molar-refractivity contribution in [1.82, 2.24) is 0 Å². The second-order valence-electron chi connectivity index (χ2n) is 4.76. The minimum absolute atomic E-state index is 0.658. The van der Waals surface area contributed by atoms with Crippen LogP contribution >= 0.6 is 23.5 Å². The number of hydrogen-bond acceptors (Lipinski definition) is 5. The first-order chi connectivity index (χ1) is 10.4. The number of ether oxygens (including phenoxy) is 3. The van der Waals surface area contributed by atoms with Gasteiger partial charge in [0.05, 0.1) is 39.6 Å². The predicted molar refractivity (Wildman–Crippen MR) is 91.2 cm³/mol. The molecule has 0 saturated heterocycles. The summed E-state index contributed by atoms with van der Waals surface area (Å²) in [7, 11) is 0. The summed E-state index contributed by atoms with van der Waals surface area (Å²) in [5, 5.41) is 0. The molecule has 0 aliphatic carbocycles. The van der Waals surface area contributed by atoms with Crippen molar-refractivity contribution in [2.24, 2.45) is 0 Å². The second-order valence-corrected chi connectivity index (χ2v) is 6.97. The summed E-state index contributed by atoms with van der Waals surface area (Å²) in [6, 6.07) is 8.89. The van der Waals surface area contributed by atoms with Crippen LogP contribution in [-0.4, -0.2) is 51.1 Å². The predicted octanol–water partition coefficient (Wildman–Crippen LogP) is 3.22. The highest BCUT2D eigenvalue weighted by molar-refractivity contribution is 7.98. The molecule has 1 aromatic carbocycles. The molecule has 1 aliphatic rings. The molecule has 21 heavy (non-hydrogen) atoms. The molecule has 0 unspecified atom stereocenters. The topological polar surface area (TPSA) is 27.7 Å². The Labute approximate surface area is 136 Å². The molecule has 0 N–H and O–H groups in total. The molecular weight excluding hydrogens is 304 g/mol. The Kier molecular flexibility index (Phi) is 9.30. The molecule has 3 nitrogen and oxygen atoms in total. The molecule has 0 atom stereocenters. The average molecular weight is 328 g/mol. The van der Waals surface area contributed by atoms with Crippen molar-refractivity contribution < 1.29 is 14.2 Å². The summed E-state index contributed by atoms with van der Waals surface area (Å²) in [5.74, 6) is 4.17. The first-order valence-corrected chi connectivity index (χ1v) is 9.72. The molecule has 1 heterocycles. The fourth-order valence-corrected chi connectivity index (χ4v) is 3.56. The largest absolute Gasteiger partial charge is 0.378 e. The van der Waals surface area contributed by atoms with Gasteiger partial charge in [0.1, 0.15) is 0 Å². The van der Waals surface area contributed by atoms with E-state index in [1.54, 1.807) is 0 Å². The van der Waals surface area contributed by atoms with Crippen molar-refractivity contribution in [2.45, 2.75) is 11.5 Å². The standard InChI is InChI=1S/C16H24O3S2/c1-2-15-12-16(3-1)14-21-11-9-19-7-5-17-4-6-18-8-10-20-13-15/h1-3,12H,4-11,13-14H2.